The molecule has 0 radical (unpaired) electrons. The van der Waals surface area contributed by atoms with Crippen molar-refractivity contribution in [2.75, 3.05) is 25.6 Å². The highest BCUT2D eigenvalue weighted by Gasteiger charge is 2.25. The summed E-state index contributed by atoms with van der Waals surface area (Å²) in [5, 5.41) is 10.0. The lowest BCUT2D eigenvalue weighted by Gasteiger charge is -2.27. The van der Waals surface area contributed by atoms with Crippen molar-refractivity contribution in [3.05, 3.63) is 30.1 Å². The Morgan fingerprint density at radius 2 is 2.00 bits per heavy atom. The first-order chi connectivity index (χ1) is 13.0. The Hall–Kier alpha value is -2.22. The molecule has 0 saturated carbocycles. The zero-order valence-electron chi connectivity index (χ0n) is 16.2. The van der Waals surface area contributed by atoms with Gasteiger partial charge in [0, 0.05) is 25.2 Å². The molecule has 0 atom stereocenters. The molecule has 0 fully saturated rings. The van der Waals surface area contributed by atoms with Crippen LogP contribution in [0.15, 0.2) is 24.3 Å². The Kier molecular flexibility index (Phi) is 5.94. The second-order valence-corrected chi connectivity index (χ2v) is 7.15. The van der Waals surface area contributed by atoms with Crippen LogP contribution in [0.2, 0.25) is 0 Å². The maximum absolute atomic E-state index is 9.02. The molecule has 0 amide bonds. The molecule has 3 aromatic rings. The van der Waals surface area contributed by atoms with E-state index >= 15 is 0 Å². The van der Waals surface area contributed by atoms with E-state index in [0.717, 1.165) is 22.2 Å². The lowest BCUT2D eigenvalue weighted by atomic mass is 10.1. The number of aromatic nitrogens is 3. The Morgan fingerprint density at radius 1 is 1.22 bits per heavy atom. The van der Waals surface area contributed by atoms with Crippen molar-refractivity contribution in [3.63, 3.8) is 0 Å². The Morgan fingerprint density at radius 3 is 2.74 bits per heavy atom. The van der Waals surface area contributed by atoms with Gasteiger partial charge >= 0.3 is 0 Å². The minimum atomic E-state index is -0.442. The highest BCUT2D eigenvalue weighted by molar-refractivity contribution is 6.06. The molecule has 1 aromatic carbocycles. The fraction of sp³-hybridized carbons (Fsp3) is 0.500. The van der Waals surface area contributed by atoms with Gasteiger partial charge in [-0.25, -0.2) is 9.97 Å². The van der Waals surface area contributed by atoms with Gasteiger partial charge in [-0.2, -0.15) is 0 Å². The number of nitrogens with zero attached hydrogens (tertiary/aromatic N) is 3. The van der Waals surface area contributed by atoms with Crippen molar-refractivity contribution in [3.8, 4) is 0 Å². The van der Waals surface area contributed by atoms with Gasteiger partial charge in [0.2, 0.25) is 0 Å². The summed E-state index contributed by atoms with van der Waals surface area (Å²) in [5.74, 6) is 1.22. The van der Waals surface area contributed by atoms with Gasteiger partial charge in [-0.1, -0.05) is 18.2 Å². The monoisotopic (exact) mass is 372 g/mol. The fourth-order valence-corrected chi connectivity index (χ4v) is 3.22. The predicted octanol–water partition coefficient (Wildman–Crippen LogP) is 2.88. The molecule has 2 heterocycles. The van der Waals surface area contributed by atoms with E-state index in [9.17, 15) is 0 Å². The molecule has 0 aliphatic carbocycles. The molecule has 0 saturated heterocycles. The zero-order chi connectivity index (χ0) is 19.4. The SMILES string of the molecule is CCOCc1nc2c(N)nc3ccccc3c2n1CC(C)(C)OCCCO. The second-order valence-electron chi connectivity index (χ2n) is 7.15. The number of rotatable bonds is 9. The van der Waals surface area contributed by atoms with Gasteiger partial charge in [-0.15, -0.1) is 0 Å². The molecule has 3 N–H and O–H groups in total. The number of anilines is 1. The average Bonchev–Trinajstić information content (AvgIpc) is 2.99. The number of hydrogen-bond donors (Lipinski definition) is 2. The third-order valence-corrected chi connectivity index (χ3v) is 4.46. The number of nitrogens with two attached hydrogens (primary N) is 1. The second kappa shape index (κ2) is 8.21. The smallest absolute Gasteiger partial charge is 0.152 e. The number of para-hydroxylation sites is 1. The van der Waals surface area contributed by atoms with Crippen molar-refractivity contribution in [1.29, 1.82) is 0 Å². The number of pyridine rings is 1. The Bertz CT molecular complexity index is 920. The van der Waals surface area contributed by atoms with E-state index in [1.807, 2.05) is 45.0 Å². The normalized spacial score (nSPS) is 12.3. The van der Waals surface area contributed by atoms with E-state index in [0.29, 0.717) is 44.1 Å². The number of nitrogen functional groups attached to an aromatic ring is 1. The van der Waals surface area contributed by atoms with Crippen LogP contribution in [-0.4, -0.2) is 45.1 Å². The number of aliphatic hydroxyl groups excluding tert-OH is 1. The predicted molar refractivity (Wildman–Crippen MR) is 107 cm³/mol. The van der Waals surface area contributed by atoms with Crippen molar-refractivity contribution in [2.24, 2.45) is 0 Å². The van der Waals surface area contributed by atoms with E-state index in [-0.39, 0.29) is 6.61 Å². The third-order valence-electron chi connectivity index (χ3n) is 4.46. The first-order valence-corrected chi connectivity index (χ1v) is 9.32. The summed E-state index contributed by atoms with van der Waals surface area (Å²) >= 11 is 0. The molecule has 3 rings (SSSR count). The lowest BCUT2D eigenvalue weighted by molar-refractivity contribution is -0.0345. The van der Waals surface area contributed by atoms with Crippen LogP contribution >= 0.6 is 0 Å². The van der Waals surface area contributed by atoms with Crippen LogP contribution in [0.3, 0.4) is 0 Å². The van der Waals surface area contributed by atoms with Crippen molar-refractivity contribution in [2.45, 2.75) is 45.9 Å². The maximum atomic E-state index is 9.02. The van der Waals surface area contributed by atoms with Gasteiger partial charge in [0.05, 0.1) is 23.2 Å². The summed E-state index contributed by atoms with van der Waals surface area (Å²) in [5.41, 5.74) is 8.25. The Labute approximate surface area is 159 Å². The van der Waals surface area contributed by atoms with E-state index < -0.39 is 5.60 Å². The van der Waals surface area contributed by atoms with Gasteiger partial charge in [0.15, 0.2) is 5.82 Å². The molecule has 0 spiro atoms. The highest BCUT2D eigenvalue weighted by Crippen LogP contribution is 2.30. The van der Waals surface area contributed by atoms with Gasteiger partial charge in [-0.3, -0.25) is 0 Å². The molecule has 27 heavy (non-hydrogen) atoms. The third kappa shape index (κ3) is 4.21. The first-order valence-electron chi connectivity index (χ1n) is 9.32. The summed E-state index contributed by atoms with van der Waals surface area (Å²) in [6.07, 6.45) is 0.611. The first kappa shape index (κ1) is 19.5. The number of benzene rings is 1. The summed E-state index contributed by atoms with van der Waals surface area (Å²) in [4.78, 5) is 9.23. The molecule has 146 valence electrons. The van der Waals surface area contributed by atoms with Gasteiger partial charge < -0.3 is 24.9 Å². The van der Waals surface area contributed by atoms with Crippen LogP contribution in [0, 0.1) is 0 Å². The number of hydrogen-bond acceptors (Lipinski definition) is 6. The molecular formula is C20H28N4O3. The molecule has 2 aromatic heterocycles. The molecule has 0 bridgehead atoms. The average molecular weight is 372 g/mol. The van der Waals surface area contributed by atoms with E-state index in [2.05, 4.69) is 9.55 Å². The largest absolute Gasteiger partial charge is 0.396 e. The summed E-state index contributed by atoms with van der Waals surface area (Å²) in [7, 11) is 0. The summed E-state index contributed by atoms with van der Waals surface area (Å²) in [6.45, 7) is 8.24. The van der Waals surface area contributed by atoms with Gasteiger partial charge in [0.25, 0.3) is 0 Å². The van der Waals surface area contributed by atoms with Crippen LogP contribution in [0.5, 0.6) is 0 Å². The van der Waals surface area contributed by atoms with Crippen molar-refractivity contribution < 1.29 is 14.6 Å². The standard InChI is InChI=1S/C20H28N4O3/c1-4-26-12-16-23-17-18(14-8-5-6-9-15(14)22-19(17)21)24(16)13-20(2,3)27-11-7-10-25/h5-6,8-9,25H,4,7,10-13H2,1-3H3,(H2,21,22). The zero-order valence-corrected chi connectivity index (χ0v) is 16.2. The fourth-order valence-electron chi connectivity index (χ4n) is 3.22. The van der Waals surface area contributed by atoms with E-state index in [1.165, 1.54) is 0 Å². The summed E-state index contributed by atoms with van der Waals surface area (Å²) < 4.78 is 13.8. The Balaban J connectivity index is 2.12. The van der Waals surface area contributed by atoms with Crippen molar-refractivity contribution in [1.82, 2.24) is 14.5 Å². The molecule has 0 aliphatic rings. The van der Waals surface area contributed by atoms with Crippen LogP contribution in [0.1, 0.15) is 33.0 Å². The topological polar surface area (TPSA) is 95.4 Å². The van der Waals surface area contributed by atoms with Crippen LogP contribution in [-0.2, 0) is 22.6 Å². The van der Waals surface area contributed by atoms with E-state index in [1.54, 1.807) is 0 Å². The number of ether oxygens (including phenoxy) is 2. The molecular weight excluding hydrogens is 344 g/mol. The molecule has 0 unspecified atom stereocenters. The maximum Gasteiger partial charge on any atom is 0.152 e. The van der Waals surface area contributed by atoms with Gasteiger partial charge in [-0.05, 0) is 33.3 Å². The highest BCUT2D eigenvalue weighted by atomic mass is 16.5. The number of aliphatic hydroxyl groups is 1. The van der Waals surface area contributed by atoms with Gasteiger partial charge in [0.1, 0.15) is 17.9 Å². The molecule has 7 heteroatoms. The van der Waals surface area contributed by atoms with Crippen LogP contribution < -0.4 is 5.73 Å². The van der Waals surface area contributed by atoms with Crippen molar-refractivity contribution >= 4 is 27.8 Å². The minimum absolute atomic E-state index is 0.118. The minimum Gasteiger partial charge on any atom is -0.396 e. The molecule has 0 aliphatic heterocycles. The van der Waals surface area contributed by atoms with Crippen LogP contribution in [0.25, 0.3) is 21.9 Å². The molecule has 7 nitrogen and oxygen atoms in total. The number of imidazole rings is 1. The lowest BCUT2D eigenvalue weighted by Crippen LogP contribution is -2.32. The number of fused-ring (bicyclic) bond motifs is 3. The van der Waals surface area contributed by atoms with E-state index in [4.69, 9.17) is 25.3 Å². The van der Waals surface area contributed by atoms with Crippen LogP contribution in [0.4, 0.5) is 5.82 Å². The summed E-state index contributed by atoms with van der Waals surface area (Å²) in [6, 6.07) is 7.92. The quantitative estimate of drug-likeness (QED) is 0.561.